The van der Waals surface area contributed by atoms with Gasteiger partial charge in [0.2, 0.25) is 0 Å². The summed E-state index contributed by atoms with van der Waals surface area (Å²) >= 11 is 0. The molecular formula is C115H109N3O3. The van der Waals surface area contributed by atoms with Crippen LogP contribution in [0.25, 0.3) is 33.4 Å². The molecule has 3 aliphatic carbocycles. The van der Waals surface area contributed by atoms with E-state index in [9.17, 15) is 0 Å². The second-order valence-electron chi connectivity index (χ2n) is 36.5. The van der Waals surface area contributed by atoms with Crippen LogP contribution < -0.4 is 28.9 Å². The first-order valence-corrected chi connectivity index (χ1v) is 43.0. The molecule has 18 rings (SSSR count). The molecule has 602 valence electrons. The minimum absolute atomic E-state index is 0.153. The minimum atomic E-state index is -0.170. The van der Waals surface area contributed by atoms with Crippen LogP contribution in [0.1, 0.15) is 181 Å². The van der Waals surface area contributed by atoms with Crippen molar-refractivity contribution in [1.82, 2.24) is 0 Å². The van der Waals surface area contributed by atoms with Gasteiger partial charge >= 0.3 is 0 Å². The predicted octanol–water partition coefficient (Wildman–Crippen LogP) is 30.6. The van der Waals surface area contributed by atoms with Crippen LogP contribution in [0.3, 0.4) is 0 Å². The molecule has 0 saturated carbocycles. The molecule has 15 aromatic rings. The highest BCUT2D eigenvalue weighted by molar-refractivity contribution is 5.90. The van der Waals surface area contributed by atoms with Crippen molar-refractivity contribution in [2.75, 3.05) is 14.7 Å². The summed E-state index contributed by atoms with van der Waals surface area (Å²) in [5.41, 5.74) is 46.2. The van der Waals surface area contributed by atoms with Crippen LogP contribution in [0.4, 0.5) is 51.2 Å². The van der Waals surface area contributed by atoms with Crippen LogP contribution in [0.15, 0.2) is 291 Å². The van der Waals surface area contributed by atoms with Crippen molar-refractivity contribution in [2.45, 2.75) is 167 Å². The summed E-state index contributed by atoms with van der Waals surface area (Å²) < 4.78 is 21.3. The van der Waals surface area contributed by atoms with Crippen molar-refractivity contribution in [3.05, 3.63) is 425 Å². The lowest BCUT2D eigenvalue weighted by molar-refractivity contribution is 0.301. The molecule has 15 aromatic carbocycles. The van der Waals surface area contributed by atoms with Crippen molar-refractivity contribution in [2.24, 2.45) is 0 Å². The molecule has 0 saturated heterocycles. The minimum Gasteiger partial charge on any atom is -0.488 e. The molecule has 0 aromatic heterocycles. The Hall–Kier alpha value is -12.9. The van der Waals surface area contributed by atoms with Crippen LogP contribution in [-0.2, 0) is 36.1 Å². The molecule has 3 aliphatic rings. The molecule has 0 atom stereocenters. The molecule has 0 amide bonds. The summed E-state index contributed by atoms with van der Waals surface area (Å²) in [6.45, 7) is 41.7. The highest BCUT2D eigenvalue weighted by atomic mass is 16.5. The maximum atomic E-state index is 7.09. The zero-order chi connectivity index (χ0) is 84.2. The van der Waals surface area contributed by atoms with Crippen LogP contribution >= 0.6 is 0 Å². The quantitative estimate of drug-likeness (QED) is 0.0668. The Labute approximate surface area is 717 Å². The molecule has 0 N–H and O–H groups in total. The van der Waals surface area contributed by atoms with Gasteiger partial charge in [-0.3, -0.25) is 0 Å². The number of rotatable bonds is 21. The van der Waals surface area contributed by atoms with Gasteiger partial charge in [0.15, 0.2) is 0 Å². The van der Waals surface area contributed by atoms with Gasteiger partial charge in [0, 0.05) is 73.3 Å². The average molecular weight is 1580 g/mol. The molecule has 0 radical (unpaired) electrons. The summed E-state index contributed by atoms with van der Waals surface area (Å²) in [4.78, 5) is 7.22. The van der Waals surface area contributed by atoms with Gasteiger partial charge in [-0.25, -0.2) is 0 Å². The smallest absolute Gasteiger partial charge is 0.125 e. The number of anilines is 9. The third kappa shape index (κ3) is 14.7. The molecule has 121 heavy (non-hydrogen) atoms. The van der Waals surface area contributed by atoms with Gasteiger partial charge in [-0.1, -0.05) is 240 Å². The molecule has 6 nitrogen and oxygen atoms in total. The third-order valence-corrected chi connectivity index (χ3v) is 26.1. The Balaban J connectivity index is 0.659. The fourth-order valence-electron chi connectivity index (χ4n) is 20.1. The van der Waals surface area contributed by atoms with E-state index in [-0.39, 0.29) is 22.2 Å². The van der Waals surface area contributed by atoms with Gasteiger partial charge in [0.05, 0.1) is 0 Å². The Morgan fingerprint density at radius 2 is 0.421 bits per heavy atom. The second-order valence-corrected chi connectivity index (χ2v) is 36.5. The molecule has 0 fully saturated rings. The zero-order valence-electron chi connectivity index (χ0n) is 73.5. The Kier molecular flexibility index (Phi) is 20.3. The Morgan fingerprint density at radius 3 is 0.669 bits per heavy atom. The van der Waals surface area contributed by atoms with E-state index in [1.807, 2.05) is 0 Å². The Bertz CT molecular complexity index is 5940. The van der Waals surface area contributed by atoms with Crippen molar-refractivity contribution < 1.29 is 14.2 Å². The van der Waals surface area contributed by atoms with E-state index in [0.717, 1.165) is 119 Å². The lowest BCUT2D eigenvalue weighted by Gasteiger charge is -2.29. The van der Waals surface area contributed by atoms with Crippen molar-refractivity contribution in [3.8, 4) is 50.6 Å². The monoisotopic (exact) mass is 1580 g/mol. The maximum Gasteiger partial charge on any atom is 0.125 e. The summed E-state index contributed by atoms with van der Waals surface area (Å²) in [7, 11) is 0. The van der Waals surface area contributed by atoms with Crippen LogP contribution in [-0.4, -0.2) is 0 Å². The molecular weight excluding hydrogens is 1470 g/mol. The highest BCUT2D eigenvalue weighted by Crippen LogP contribution is 2.56. The second kappa shape index (κ2) is 31.0. The maximum absolute atomic E-state index is 7.09. The highest BCUT2D eigenvalue weighted by Gasteiger charge is 2.40. The van der Waals surface area contributed by atoms with E-state index in [1.54, 1.807) is 0 Å². The first kappa shape index (κ1) is 79.2. The lowest BCUT2D eigenvalue weighted by Crippen LogP contribution is -2.17. The van der Waals surface area contributed by atoms with E-state index in [1.165, 1.54) is 117 Å². The molecule has 0 bridgehead atoms. The van der Waals surface area contributed by atoms with E-state index in [4.69, 9.17) is 14.2 Å². The van der Waals surface area contributed by atoms with Gasteiger partial charge < -0.3 is 28.9 Å². The van der Waals surface area contributed by atoms with Gasteiger partial charge in [0.1, 0.15) is 37.1 Å². The predicted molar refractivity (Wildman–Crippen MR) is 506 cm³/mol. The number of benzene rings is 15. The Morgan fingerprint density at radius 1 is 0.215 bits per heavy atom. The van der Waals surface area contributed by atoms with Crippen LogP contribution in [0.2, 0.25) is 0 Å². The number of fused-ring (bicyclic) bond motifs is 9. The van der Waals surface area contributed by atoms with Crippen molar-refractivity contribution in [3.63, 3.8) is 0 Å². The number of hydrogen-bond acceptors (Lipinski definition) is 6. The average Bonchev–Trinajstić information content (AvgIpc) is 1.58. The van der Waals surface area contributed by atoms with Gasteiger partial charge in [0.25, 0.3) is 0 Å². The summed E-state index contributed by atoms with van der Waals surface area (Å²) in [5, 5.41) is 0. The fourth-order valence-corrected chi connectivity index (χ4v) is 20.1. The van der Waals surface area contributed by atoms with Gasteiger partial charge in [-0.2, -0.15) is 0 Å². The molecule has 0 aliphatic heterocycles. The zero-order valence-corrected chi connectivity index (χ0v) is 73.5. The van der Waals surface area contributed by atoms with Gasteiger partial charge in [-0.05, 0) is 342 Å². The number of aryl methyl sites for hydroxylation is 12. The van der Waals surface area contributed by atoms with E-state index in [2.05, 4.69) is 431 Å². The molecule has 6 heteroatoms. The first-order valence-electron chi connectivity index (χ1n) is 43.0. The topological polar surface area (TPSA) is 37.4 Å². The SMILES string of the molecule is Cc1cccc(N(c2cccc(COc3c(C)cc(C(c4cc(C)c(OCc5cccc(N(c6cccc(C)c6)c6ccc7c(c6)C(C)(C)c6cc(C)ccc6-7)c5)c(C)c4)c4cc(C)c(OCc5cccc(N(c6cccc(C)c6)c6ccc7c(c6)C(C)(C)c6cc(C)ccc6-7)c5)c(C)c4)cc3C)c2)c2ccc3c(c2)C(C)(C)c2cc(C)ccc2-3)c1. The summed E-state index contributed by atoms with van der Waals surface area (Å²) in [5.74, 6) is 2.49. The van der Waals surface area contributed by atoms with Crippen molar-refractivity contribution >= 4 is 51.2 Å². The number of ether oxygens (including phenoxy) is 3. The van der Waals surface area contributed by atoms with Gasteiger partial charge in [-0.15, -0.1) is 0 Å². The van der Waals surface area contributed by atoms with E-state index < -0.39 is 0 Å². The van der Waals surface area contributed by atoms with E-state index >= 15 is 0 Å². The molecule has 0 heterocycles. The van der Waals surface area contributed by atoms with E-state index in [0.29, 0.717) is 19.8 Å². The van der Waals surface area contributed by atoms with Crippen LogP contribution in [0.5, 0.6) is 17.2 Å². The molecule has 0 unspecified atom stereocenters. The summed E-state index contributed by atoms with van der Waals surface area (Å²) in [6, 6.07) is 109. The fraction of sp³-hybridized carbons (Fsp3) is 0.217. The van der Waals surface area contributed by atoms with Crippen molar-refractivity contribution in [1.29, 1.82) is 0 Å². The standard InChI is InChI=1S/C115H109N3O3/c1-70-25-19-31-88(49-70)116(94-40-46-100-97-43-37-73(4)52-103(97)113(13,14)106(100)64-94)91-34-22-28-82(61-91)67-119-110-76(7)55-85(56-77(110)8)109(86-57-78(9)111(79(10)58-86)120-68-83-29-23-35-92(62-83)117(89-32-20-26-71(2)50-89)95-41-47-101-98-44-38-74(5)53-104(98)114(15,16)107(101)65-95)87-59-80(11)112(81(12)60-87)121-69-84-30-24-36-93(63-84)118(90-33-21-27-72(3)51-90)96-42-48-102-99-45-39-75(6)54-105(99)115(17,18)108(102)66-96/h19-66,109H,67-69H2,1-18H3. The van der Waals surface area contributed by atoms with Crippen LogP contribution in [0, 0.1) is 83.1 Å². The number of nitrogens with zero attached hydrogens (tertiary/aromatic N) is 3. The number of hydrogen-bond donors (Lipinski definition) is 0. The normalized spacial score (nSPS) is 13.4. The summed E-state index contributed by atoms with van der Waals surface area (Å²) in [6.07, 6.45) is 0. The molecule has 0 spiro atoms. The lowest BCUT2D eigenvalue weighted by atomic mass is 9.81. The third-order valence-electron chi connectivity index (χ3n) is 26.1. The largest absolute Gasteiger partial charge is 0.488 e. The first-order chi connectivity index (χ1) is 58.1.